The zero-order valence-electron chi connectivity index (χ0n) is 14.7. The quantitative estimate of drug-likeness (QED) is 0.134. The molecule has 0 rings (SSSR count). The molecule has 1 unspecified atom stereocenters. The van der Waals surface area contributed by atoms with Crippen LogP contribution in [0.4, 0.5) is 0 Å². The van der Waals surface area contributed by atoms with E-state index >= 15 is 0 Å². The number of carboxylic acid groups (broad SMARTS) is 1. The third-order valence-corrected chi connectivity index (χ3v) is 3.46. The van der Waals surface area contributed by atoms with Gasteiger partial charge >= 0.3 is 5.97 Å². The third kappa shape index (κ3) is 8.59. The van der Waals surface area contributed by atoms with Gasteiger partial charge in [0.15, 0.2) is 5.11 Å². The molecule has 10 N–H and O–H groups in total. The number of carbonyl (C=O) groups is 4. The number of likely N-dealkylation sites (N-methyl/N-ethyl adjacent to an activating group) is 1. The van der Waals surface area contributed by atoms with Crippen molar-refractivity contribution >= 4 is 41.0 Å². The number of hydrazine groups is 1. The second kappa shape index (κ2) is 11.2. The Hall–Kier alpha value is -2.55. The van der Waals surface area contributed by atoms with E-state index < -0.39 is 60.9 Å². The Morgan fingerprint density at radius 2 is 1.70 bits per heavy atom. The molecular weight excluding hydrogens is 384 g/mol. The Balaban J connectivity index is 5.05. The van der Waals surface area contributed by atoms with Crippen molar-refractivity contribution in [2.45, 2.75) is 37.6 Å². The van der Waals surface area contributed by atoms with Crippen LogP contribution in [0.25, 0.3) is 0 Å². The number of nitrogens with one attached hydrogen (secondary N) is 3. The van der Waals surface area contributed by atoms with E-state index in [9.17, 15) is 24.3 Å². The van der Waals surface area contributed by atoms with Crippen LogP contribution >= 0.6 is 12.2 Å². The van der Waals surface area contributed by atoms with E-state index in [0.717, 1.165) is 5.01 Å². The summed E-state index contributed by atoms with van der Waals surface area (Å²) in [5.41, 5.74) is 12.7. The fraction of sp³-hybridized carbons (Fsp3) is 0.615. The molecule has 13 nitrogen and oxygen atoms in total. The van der Waals surface area contributed by atoms with Gasteiger partial charge in [0.05, 0.1) is 19.1 Å². The highest BCUT2D eigenvalue weighted by atomic mass is 32.1. The number of amides is 3. The molecule has 3 amide bonds. The summed E-state index contributed by atoms with van der Waals surface area (Å²) in [6.45, 7) is 0.512. The number of aliphatic hydroxyl groups excluding tert-OH is 2. The average Bonchev–Trinajstić information content (AvgIpc) is 2.56. The van der Waals surface area contributed by atoms with Gasteiger partial charge in [-0.2, -0.15) is 0 Å². The van der Waals surface area contributed by atoms with Gasteiger partial charge in [-0.3, -0.25) is 24.8 Å². The summed E-state index contributed by atoms with van der Waals surface area (Å²) in [6.07, 6.45) is -1.70. The van der Waals surface area contributed by atoms with Crippen LogP contribution in [0.3, 0.4) is 0 Å². The van der Waals surface area contributed by atoms with E-state index in [1.54, 1.807) is 0 Å². The highest BCUT2D eigenvalue weighted by Gasteiger charge is 2.28. The van der Waals surface area contributed by atoms with Crippen LogP contribution in [0.2, 0.25) is 0 Å². The number of nitrogens with zero attached hydrogens (tertiary/aromatic N) is 1. The first-order valence-corrected chi connectivity index (χ1v) is 8.02. The SMILES string of the molecule is CC(O)[C@@H](N)C(=O)N(C)NC(=O)[C@@H](CC(N)=O)NC(=S)N[C@H](CO)C(=O)O. The second-order valence-corrected chi connectivity index (χ2v) is 5.96. The van der Waals surface area contributed by atoms with Crippen LogP contribution in [0.5, 0.6) is 0 Å². The van der Waals surface area contributed by atoms with Gasteiger partial charge in [-0.25, -0.2) is 4.79 Å². The summed E-state index contributed by atoms with van der Waals surface area (Å²) in [4.78, 5) is 46.2. The van der Waals surface area contributed by atoms with Crippen molar-refractivity contribution in [1.82, 2.24) is 21.1 Å². The van der Waals surface area contributed by atoms with Crippen LogP contribution < -0.4 is 27.5 Å². The van der Waals surface area contributed by atoms with Gasteiger partial charge in [-0.1, -0.05) is 0 Å². The van der Waals surface area contributed by atoms with Crippen molar-refractivity contribution in [2.24, 2.45) is 11.5 Å². The van der Waals surface area contributed by atoms with Crippen LogP contribution in [0, 0.1) is 0 Å². The first-order chi connectivity index (χ1) is 12.4. The molecular formula is C13H24N6O7S. The summed E-state index contributed by atoms with van der Waals surface area (Å²) in [6, 6.07) is -4.08. The van der Waals surface area contributed by atoms with E-state index in [0.29, 0.717) is 0 Å². The number of nitrogens with two attached hydrogens (primary N) is 2. The van der Waals surface area contributed by atoms with Gasteiger partial charge < -0.3 is 37.4 Å². The Kier molecular flexibility index (Phi) is 10.2. The molecule has 0 aliphatic heterocycles. The van der Waals surface area contributed by atoms with Crippen molar-refractivity contribution in [3.63, 3.8) is 0 Å². The smallest absolute Gasteiger partial charge is 0.328 e. The molecule has 0 saturated heterocycles. The van der Waals surface area contributed by atoms with Gasteiger partial charge in [0.25, 0.3) is 11.8 Å². The maximum atomic E-state index is 12.3. The minimum absolute atomic E-state index is 0.340. The number of carbonyl (C=O) groups excluding carboxylic acids is 3. The third-order valence-electron chi connectivity index (χ3n) is 3.23. The van der Waals surface area contributed by atoms with Crippen LogP contribution in [-0.2, 0) is 19.2 Å². The van der Waals surface area contributed by atoms with Crippen molar-refractivity contribution in [3.8, 4) is 0 Å². The largest absolute Gasteiger partial charge is 0.480 e. The number of thiocarbonyl (C=S) groups is 1. The number of aliphatic carboxylic acids is 1. The lowest BCUT2D eigenvalue weighted by Crippen LogP contribution is -2.59. The highest BCUT2D eigenvalue weighted by molar-refractivity contribution is 7.80. The van der Waals surface area contributed by atoms with Crippen LogP contribution in [0.15, 0.2) is 0 Å². The van der Waals surface area contributed by atoms with Crippen molar-refractivity contribution in [1.29, 1.82) is 0 Å². The second-order valence-electron chi connectivity index (χ2n) is 5.55. The van der Waals surface area contributed by atoms with Crippen molar-refractivity contribution < 1.29 is 34.5 Å². The molecule has 0 aliphatic rings. The molecule has 27 heavy (non-hydrogen) atoms. The summed E-state index contributed by atoms with van der Waals surface area (Å²) >= 11 is 4.84. The molecule has 0 aromatic carbocycles. The zero-order chi connectivity index (χ0) is 21.3. The van der Waals surface area contributed by atoms with Crippen LogP contribution in [0.1, 0.15) is 13.3 Å². The molecule has 154 valence electrons. The molecule has 0 saturated carbocycles. The molecule has 0 spiro atoms. The van der Waals surface area contributed by atoms with Gasteiger partial charge in [-0.15, -0.1) is 0 Å². The first-order valence-electron chi connectivity index (χ1n) is 7.61. The lowest BCUT2D eigenvalue weighted by Gasteiger charge is -2.26. The Bertz CT molecular complexity index is 588. The lowest BCUT2D eigenvalue weighted by molar-refractivity contribution is -0.143. The molecule has 0 aliphatic carbocycles. The van der Waals surface area contributed by atoms with Gasteiger partial charge in [-0.05, 0) is 19.1 Å². The van der Waals surface area contributed by atoms with Crippen molar-refractivity contribution in [3.05, 3.63) is 0 Å². The minimum atomic E-state index is -1.43. The standard InChI is InChI=1S/C13H24N6O7S/c1-5(21)9(15)11(24)19(2)18-10(23)6(3-8(14)22)16-13(27)17-7(4-20)12(25)26/h5-7,9,20-21H,3-4,15H2,1-2H3,(H2,14,22)(H,18,23)(H,25,26)(H2,16,17,27)/t5?,6-,7-,9-/m1/s1. The summed E-state index contributed by atoms with van der Waals surface area (Å²) < 4.78 is 0. The van der Waals surface area contributed by atoms with E-state index in [1.165, 1.54) is 14.0 Å². The minimum Gasteiger partial charge on any atom is -0.480 e. The fourth-order valence-corrected chi connectivity index (χ4v) is 1.97. The fourth-order valence-electron chi connectivity index (χ4n) is 1.68. The number of carboxylic acids is 1. The molecule has 0 aromatic heterocycles. The topological polar surface area (TPSA) is 220 Å². The maximum absolute atomic E-state index is 12.3. The molecule has 14 heteroatoms. The first kappa shape index (κ1) is 24.5. The molecule has 0 fully saturated rings. The number of hydrogen-bond donors (Lipinski definition) is 8. The predicted octanol–water partition coefficient (Wildman–Crippen LogP) is -4.66. The summed E-state index contributed by atoms with van der Waals surface area (Å²) in [7, 11) is 1.17. The predicted molar refractivity (Wildman–Crippen MR) is 95.5 cm³/mol. The monoisotopic (exact) mass is 408 g/mol. The molecule has 0 bridgehead atoms. The Morgan fingerprint density at radius 1 is 1.19 bits per heavy atom. The van der Waals surface area contributed by atoms with Crippen LogP contribution in [-0.4, -0.2) is 87.0 Å². The van der Waals surface area contributed by atoms with E-state index in [-0.39, 0.29) is 5.11 Å². The molecule has 0 aromatic rings. The number of aliphatic hydroxyl groups is 2. The highest BCUT2D eigenvalue weighted by Crippen LogP contribution is 1.97. The molecule has 4 atom stereocenters. The number of hydrogen-bond acceptors (Lipinski definition) is 8. The Labute approximate surface area is 160 Å². The molecule has 0 radical (unpaired) electrons. The number of rotatable bonds is 9. The lowest BCUT2D eigenvalue weighted by atomic mass is 10.2. The summed E-state index contributed by atoms with van der Waals surface area (Å²) in [5.74, 6) is -3.97. The normalized spacial score (nSPS) is 14.9. The van der Waals surface area contributed by atoms with Crippen molar-refractivity contribution in [2.75, 3.05) is 13.7 Å². The van der Waals surface area contributed by atoms with Gasteiger partial charge in [0, 0.05) is 7.05 Å². The average molecular weight is 408 g/mol. The van der Waals surface area contributed by atoms with E-state index in [1.807, 2.05) is 0 Å². The Morgan fingerprint density at radius 3 is 2.11 bits per heavy atom. The summed E-state index contributed by atoms with van der Waals surface area (Å²) in [5, 5.41) is 32.1. The number of primary amides is 1. The van der Waals surface area contributed by atoms with E-state index in [2.05, 4.69) is 16.1 Å². The van der Waals surface area contributed by atoms with Gasteiger partial charge in [0.1, 0.15) is 18.1 Å². The molecule has 0 heterocycles. The van der Waals surface area contributed by atoms with Gasteiger partial charge in [0.2, 0.25) is 5.91 Å². The maximum Gasteiger partial charge on any atom is 0.328 e. The zero-order valence-corrected chi connectivity index (χ0v) is 15.5. The van der Waals surface area contributed by atoms with E-state index in [4.69, 9.17) is 33.9 Å².